The Morgan fingerprint density at radius 3 is 2.65 bits per heavy atom. The molecule has 3 nitrogen and oxygen atoms in total. The van der Waals surface area contributed by atoms with Crippen LogP contribution < -0.4 is 10.1 Å². The normalized spacial score (nSPS) is 12.5. The molecule has 0 fully saturated rings. The molecule has 0 aliphatic rings. The predicted molar refractivity (Wildman–Crippen MR) is 69.8 cm³/mol. The van der Waals surface area contributed by atoms with E-state index >= 15 is 0 Å². The van der Waals surface area contributed by atoms with Crippen LogP contribution in [0.4, 0.5) is 0 Å². The lowest BCUT2D eigenvalue weighted by Gasteiger charge is -2.12. The number of hydrogen-bond acceptors (Lipinski definition) is 2. The summed E-state index contributed by atoms with van der Waals surface area (Å²) in [6.07, 6.45) is -0.278. The lowest BCUT2D eigenvalue weighted by molar-refractivity contribution is -0.661. The van der Waals surface area contributed by atoms with Gasteiger partial charge in [-0.15, -0.1) is 0 Å². The van der Waals surface area contributed by atoms with Crippen molar-refractivity contribution in [3.63, 3.8) is 0 Å². The highest BCUT2D eigenvalue weighted by Gasteiger charge is 2.08. The quantitative estimate of drug-likeness (QED) is 0.755. The van der Waals surface area contributed by atoms with E-state index in [1.807, 2.05) is 31.3 Å². The molecular weight excluding hydrogens is 238 g/mol. The van der Waals surface area contributed by atoms with Gasteiger partial charge < -0.3 is 15.2 Å². The highest BCUT2D eigenvalue weighted by molar-refractivity contribution is 6.32. The summed E-state index contributed by atoms with van der Waals surface area (Å²) in [5.74, 6) is 0.775. The van der Waals surface area contributed by atoms with E-state index in [9.17, 15) is 0 Å². The summed E-state index contributed by atoms with van der Waals surface area (Å²) in [6, 6.07) is 4.00. The molecule has 3 N–H and O–H groups in total. The zero-order valence-electron chi connectivity index (χ0n) is 10.7. The van der Waals surface area contributed by atoms with Gasteiger partial charge in [0.05, 0.1) is 11.1 Å². The molecule has 1 aromatic rings. The van der Waals surface area contributed by atoms with Gasteiger partial charge in [-0.3, -0.25) is 0 Å². The van der Waals surface area contributed by atoms with Gasteiger partial charge in [-0.1, -0.05) is 23.7 Å². The fourth-order valence-corrected chi connectivity index (χ4v) is 1.80. The Morgan fingerprint density at radius 2 is 2.00 bits per heavy atom. The van der Waals surface area contributed by atoms with Crippen LogP contribution in [0, 0.1) is 13.8 Å². The first kappa shape index (κ1) is 14.3. The number of hydrogen-bond donors (Lipinski definition) is 2. The third kappa shape index (κ3) is 4.54. The third-order valence-electron chi connectivity index (χ3n) is 2.56. The molecule has 0 unspecified atom stereocenters. The maximum atomic E-state index is 9.10. The van der Waals surface area contributed by atoms with E-state index in [4.69, 9.17) is 21.4 Å². The van der Waals surface area contributed by atoms with E-state index in [1.165, 1.54) is 0 Å². The second-order valence-corrected chi connectivity index (χ2v) is 4.73. The highest BCUT2D eigenvalue weighted by Crippen LogP contribution is 2.31. The zero-order chi connectivity index (χ0) is 12.8. The number of halogens is 1. The average Bonchev–Trinajstić information content (AvgIpc) is 2.27. The van der Waals surface area contributed by atoms with Crippen LogP contribution in [-0.4, -0.2) is 30.9 Å². The Hall–Kier alpha value is -0.770. The van der Waals surface area contributed by atoms with Gasteiger partial charge in [0.25, 0.3) is 0 Å². The zero-order valence-corrected chi connectivity index (χ0v) is 11.4. The van der Waals surface area contributed by atoms with Gasteiger partial charge >= 0.3 is 0 Å². The number of quaternary nitrogens is 1. The van der Waals surface area contributed by atoms with Crippen molar-refractivity contribution < 1.29 is 15.2 Å². The van der Waals surface area contributed by atoms with Gasteiger partial charge in [0.15, 0.2) is 0 Å². The molecule has 0 spiro atoms. The number of ether oxygens (including phenoxy) is 1. The van der Waals surface area contributed by atoms with E-state index < -0.39 is 0 Å². The largest absolute Gasteiger partial charge is 0.486 e. The summed E-state index contributed by atoms with van der Waals surface area (Å²) in [4.78, 5) is 0. The van der Waals surface area contributed by atoms with Crippen molar-refractivity contribution in [3.05, 3.63) is 28.3 Å². The van der Waals surface area contributed by atoms with Crippen molar-refractivity contribution in [3.8, 4) is 5.75 Å². The Labute approximate surface area is 108 Å². The number of rotatable bonds is 6. The predicted octanol–water partition coefficient (Wildman–Crippen LogP) is 1.28. The summed E-state index contributed by atoms with van der Waals surface area (Å²) in [5.41, 5.74) is 2.08. The molecule has 96 valence electrons. The van der Waals surface area contributed by atoms with Crippen LogP contribution in [0.5, 0.6) is 5.75 Å². The Balaban J connectivity index is 2.44. The van der Waals surface area contributed by atoms with Gasteiger partial charge in [-0.2, -0.15) is 0 Å². The van der Waals surface area contributed by atoms with Crippen molar-refractivity contribution in [2.45, 2.75) is 26.9 Å². The van der Waals surface area contributed by atoms with E-state index in [0.717, 1.165) is 23.4 Å². The topological polar surface area (TPSA) is 46.1 Å². The van der Waals surface area contributed by atoms with E-state index in [-0.39, 0.29) is 6.10 Å². The Bertz CT molecular complexity index is 367. The molecule has 0 amide bonds. The van der Waals surface area contributed by atoms with E-state index in [1.54, 1.807) is 6.92 Å². The lowest BCUT2D eigenvalue weighted by atomic mass is 10.1. The standard InChI is InChI=1S/C13H20ClNO2/c1-9-4-5-10(2)13(12(9)14)17-7-6-15-8-11(3)16/h4-5,11,15-16H,6-8H2,1-3H3/p+1/t11-/m0/s1. The van der Waals surface area contributed by atoms with Crippen LogP contribution in [0.25, 0.3) is 0 Å². The minimum absolute atomic E-state index is 0.278. The number of aliphatic hydroxyl groups is 1. The minimum Gasteiger partial charge on any atom is -0.486 e. The molecule has 4 heteroatoms. The molecule has 0 radical (unpaired) electrons. The maximum Gasteiger partial charge on any atom is 0.141 e. The van der Waals surface area contributed by atoms with Crippen LogP contribution in [0.2, 0.25) is 5.02 Å². The van der Waals surface area contributed by atoms with E-state index in [2.05, 4.69) is 0 Å². The molecule has 0 saturated heterocycles. The number of aliphatic hydroxyl groups excluding tert-OH is 1. The number of aryl methyl sites for hydroxylation is 2. The molecule has 0 aliphatic heterocycles. The average molecular weight is 259 g/mol. The van der Waals surface area contributed by atoms with Crippen LogP contribution in [0.1, 0.15) is 18.1 Å². The van der Waals surface area contributed by atoms with Crippen LogP contribution in [-0.2, 0) is 0 Å². The second-order valence-electron chi connectivity index (χ2n) is 4.35. The molecule has 0 heterocycles. The summed E-state index contributed by atoms with van der Waals surface area (Å²) in [6.45, 7) is 7.84. The summed E-state index contributed by atoms with van der Waals surface area (Å²) >= 11 is 6.19. The Kier molecular flexibility index (Phi) is 5.75. The van der Waals surface area contributed by atoms with Crippen molar-refractivity contribution in [2.75, 3.05) is 19.7 Å². The van der Waals surface area contributed by atoms with Crippen molar-refractivity contribution in [2.24, 2.45) is 0 Å². The number of nitrogens with two attached hydrogens (primary N) is 1. The van der Waals surface area contributed by atoms with Gasteiger partial charge in [0.1, 0.15) is 25.4 Å². The molecule has 0 saturated carbocycles. The fourth-order valence-electron chi connectivity index (χ4n) is 1.53. The van der Waals surface area contributed by atoms with Crippen molar-refractivity contribution >= 4 is 11.6 Å². The first-order valence-corrected chi connectivity index (χ1v) is 6.28. The second kappa shape index (κ2) is 6.84. The van der Waals surface area contributed by atoms with Gasteiger partial charge in [0.2, 0.25) is 0 Å². The van der Waals surface area contributed by atoms with Crippen LogP contribution in [0.15, 0.2) is 12.1 Å². The smallest absolute Gasteiger partial charge is 0.141 e. The fraction of sp³-hybridized carbons (Fsp3) is 0.538. The van der Waals surface area contributed by atoms with Crippen LogP contribution >= 0.6 is 11.6 Å². The summed E-state index contributed by atoms with van der Waals surface area (Å²) in [7, 11) is 0. The van der Waals surface area contributed by atoms with Gasteiger partial charge in [0, 0.05) is 0 Å². The highest BCUT2D eigenvalue weighted by atomic mass is 35.5. The first-order valence-electron chi connectivity index (χ1n) is 5.90. The van der Waals surface area contributed by atoms with Crippen molar-refractivity contribution in [1.29, 1.82) is 0 Å². The lowest BCUT2D eigenvalue weighted by Crippen LogP contribution is -2.87. The SMILES string of the molecule is Cc1ccc(C)c(OCC[NH2+]C[C@H](C)O)c1Cl. The van der Waals surface area contributed by atoms with Crippen molar-refractivity contribution in [1.82, 2.24) is 0 Å². The molecule has 0 aromatic heterocycles. The van der Waals surface area contributed by atoms with Gasteiger partial charge in [-0.05, 0) is 31.9 Å². The number of benzene rings is 1. The van der Waals surface area contributed by atoms with Gasteiger partial charge in [-0.25, -0.2) is 0 Å². The first-order chi connectivity index (χ1) is 8.02. The molecule has 1 atom stereocenters. The third-order valence-corrected chi connectivity index (χ3v) is 3.03. The minimum atomic E-state index is -0.278. The molecule has 17 heavy (non-hydrogen) atoms. The van der Waals surface area contributed by atoms with E-state index in [0.29, 0.717) is 18.2 Å². The summed E-state index contributed by atoms with van der Waals surface area (Å²) < 4.78 is 5.69. The summed E-state index contributed by atoms with van der Waals surface area (Å²) in [5, 5.41) is 11.8. The molecule has 1 rings (SSSR count). The van der Waals surface area contributed by atoms with Crippen LogP contribution in [0.3, 0.4) is 0 Å². The maximum absolute atomic E-state index is 9.10. The molecular formula is C13H21ClNO2+. The Morgan fingerprint density at radius 1 is 1.35 bits per heavy atom. The molecule has 0 bridgehead atoms. The molecule has 1 aromatic carbocycles. The monoisotopic (exact) mass is 258 g/mol. The molecule has 0 aliphatic carbocycles.